The second kappa shape index (κ2) is 7.06. The minimum atomic E-state index is -0.197. The second-order valence-electron chi connectivity index (χ2n) is 7.38. The number of carbonyl (C=O) groups excluding carboxylic acids is 2. The molecule has 1 fully saturated rings. The van der Waals surface area contributed by atoms with Crippen molar-refractivity contribution in [3.8, 4) is 5.75 Å². The van der Waals surface area contributed by atoms with Crippen LogP contribution in [0.15, 0.2) is 30.5 Å². The van der Waals surface area contributed by atoms with E-state index in [1.807, 2.05) is 17.7 Å². The summed E-state index contributed by atoms with van der Waals surface area (Å²) < 4.78 is 2.03. The van der Waals surface area contributed by atoms with Crippen LogP contribution in [0.3, 0.4) is 0 Å². The lowest BCUT2D eigenvalue weighted by Gasteiger charge is -2.33. The zero-order valence-corrected chi connectivity index (χ0v) is 15.4. The smallest absolute Gasteiger partial charge is 0.254 e. The van der Waals surface area contributed by atoms with Crippen molar-refractivity contribution in [3.63, 3.8) is 0 Å². The maximum absolute atomic E-state index is 12.8. The summed E-state index contributed by atoms with van der Waals surface area (Å²) in [4.78, 5) is 31.4. The Hall–Kier alpha value is -2.83. The van der Waals surface area contributed by atoms with Crippen molar-refractivity contribution >= 4 is 11.8 Å². The Morgan fingerprint density at radius 3 is 2.81 bits per heavy atom. The first-order valence-electron chi connectivity index (χ1n) is 9.46. The molecular formula is C20H24N4O3. The SMILES string of the molecule is C[C@@H]1c2nc(CC(=O)NC3CCC3)cn2CCN1C(=O)c1cccc(O)c1. The summed E-state index contributed by atoms with van der Waals surface area (Å²) in [5.74, 6) is 0.750. The molecule has 0 spiro atoms. The molecule has 2 amide bonds. The van der Waals surface area contributed by atoms with Gasteiger partial charge in [-0.1, -0.05) is 6.07 Å². The first-order chi connectivity index (χ1) is 13.0. The summed E-state index contributed by atoms with van der Waals surface area (Å²) in [6.45, 7) is 3.14. The van der Waals surface area contributed by atoms with Gasteiger partial charge >= 0.3 is 0 Å². The van der Waals surface area contributed by atoms with Crippen molar-refractivity contribution in [1.82, 2.24) is 19.8 Å². The van der Waals surface area contributed by atoms with Gasteiger partial charge in [-0.25, -0.2) is 4.98 Å². The normalized spacial score (nSPS) is 19.3. The van der Waals surface area contributed by atoms with Gasteiger partial charge in [0, 0.05) is 30.9 Å². The standard InChI is InChI=1S/C20H24N4O3/c1-13-19-22-16(11-18(26)21-15-5-3-6-15)12-23(19)8-9-24(13)20(27)14-4-2-7-17(25)10-14/h2,4,7,10,12-13,15,25H,3,5-6,8-9,11H2,1H3,(H,21,26)/t13-/m1/s1. The summed E-state index contributed by atoms with van der Waals surface area (Å²) in [6.07, 6.45) is 5.50. The van der Waals surface area contributed by atoms with Gasteiger partial charge in [-0.2, -0.15) is 0 Å². The van der Waals surface area contributed by atoms with Gasteiger partial charge in [-0.3, -0.25) is 9.59 Å². The molecule has 7 nitrogen and oxygen atoms in total. The molecular weight excluding hydrogens is 344 g/mol. The first kappa shape index (κ1) is 17.6. The van der Waals surface area contributed by atoms with E-state index in [-0.39, 0.29) is 30.0 Å². The van der Waals surface area contributed by atoms with Crippen molar-refractivity contribution < 1.29 is 14.7 Å². The van der Waals surface area contributed by atoms with Crippen molar-refractivity contribution in [2.75, 3.05) is 6.54 Å². The fraction of sp³-hybridized carbons (Fsp3) is 0.450. The summed E-state index contributed by atoms with van der Waals surface area (Å²) in [6, 6.07) is 6.51. The number of hydrogen-bond acceptors (Lipinski definition) is 4. The van der Waals surface area contributed by atoms with Crippen molar-refractivity contribution in [3.05, 3.63) is 47.5 Å². The molecule has 1 aromatic heterocycles. The molecule has 142 valence electrons. The van der Waals surface area contributed by atoms with Crippen molar-refractivity contribution in [1.29, 1.82) is 0 Å². The number of benzene rings is 1. The Morgan fingerprint density at radius 1 is 1.30 bits per heavy atom. The van der Waals surface area contributed by atoms with E-state index in [1.165, 1.54) is 12.5 Å². The summed E-state index contributed by atoms with van der Waals surface area (Å²) in [5.41, 5.74) is 1.20. The Kier molecular flexibility index (Phi) is 4.59. The predicted octanol–water partition coefficient (Wildman–Crippen LogP) is 2.02. The van der Waals surface area contributed by atoms with Crippen LogP contribution in [0.1, 0.15) is 54.1 Å². The van der Waals surface area contributed by atoms with Gasteiger partial charge in [0.2, 0.25) is 5.91 Å². The number of rotatable bonds is 4. The highest BCUT2D eigenvalue weighted by atomic mass is 16.3. The minimum Gasteiger partial charge on any atom is -0.508 e. The van der Waals surface area contributed by atoms with Gasteiger partial charge in [0.1, 0.15) is 11.6 Å². The molecule has 1 aliphatic carbocycles. The number of hydrogen-bond donors (Lipinski definition) is 2. The predicted molar refractivity (Wildman–Crippen MR) is 99.3 cm³/mol. The van der Waals surface area contributed by atoms with Gasteiger partial charge in [-0.05, 0) is 44.4 Å². The molecule has 0 bridgehead atoms. The van der Waals surface area contributed by atoms with Crippen LogP contribution in [0.5, 0.6) is 5.75 Å². The van der Waals surface area contributed by atoms with Crippen LogP contribution in [-0.4, -0.2) is 44.0 Å². The molecule has 0 radical (unpaired) electrons. The Bertz CT molecular complexity index is 872. The molecule has 2 N–H and O–H groups in total. The number of nitrogens with zero attached hydrogens (tertiary/aromatic N) is 3. The zero-order valence-electron chi connectivity index (χ0n) is 15.4. The van der Waals surface area contributed by atoms with Crippen LogP contribution in [0.4, 0.5) is 0 Å². The Balaban J connectivity index is 1.47. The lowest BCUT2D eigenvalue weighted by Crippen LogP contribution is -2.41. The maximum atomic E-state index is 12.8. The van der Waals surface area contributed by atoms with Gasteiger partial charge < -0.3 is 19.9 Å². The van der Waals surface area contributed by atoms with E-state index in [9.17, 15) is 14.7 Å². The molecule has 4 rings (SSSR count). The molecule has 1 aromatic carbocycles. The van der Waals surface area contributed by atoms with Crippen LogP contribution in [-0.2, 0) is 17.8 Å². The van der Waals surface area contributed by atoms with Gasteiger partial charge in [-0.15, -0.1) is 0 Å². The van der Waals surface area contributed by atoms with E-state index >= 15 is 0 Å². The fourth-order valence-electron chi connectivity index (χ4n) is 3.71. The van der Waals surface area contributed by atoms with Crippen LogP contribution < -0.4 is 5.32 Å². The maximum Gasteiger partial charge on any atom is 0.254 e. The number of aromatic nitrogens is 2. The highest BCUT2D eigenvalue weighted by Gasteiger charge is 2.30. The van der Waals surface area contributed by atoms with Crippen LogP contribution in [0, 0.1) is 0 Å². The molecule has 27 heavy (non-hydrogen) atoms. The number of phenols is 1. The number of carbonyl (C=O) groups is 2. The number of amides is 2. The van der Waals surface area contributed by atoms with Gasteiger partial charge in [0.25, 0.3) is 5.91 Å². The number of fused-ring (bicyclic) bond motifs is 1. The number of phenolic OH excluding ortho intramolecular Hbond substituents is 1. The third-order valence-electron chi connectivity index (χ3n) is 5.45. The summed E-state index contributed by atoms with van der Waals surface area (Å²) >= 11 is 0. The molecule has 0 unspecified atom stereocenters. The number of aromatic hydroxyl groups is 1. The topological polar surface area (TPSA) is 87.5 Å². The first-order valence-corrected chi connectivity index (χ1v) is 9.46. The van der Waals surface area contributed by atoms with E-state index < -0.39 is 0 Å². The average Bonchev–Trinajstić information content (AvgIpc) is 3.01. The average molecular weight is 368 g/mol. The van der Waals surface area contributed by atoms with Gasteiger partial charge in [0.05, 0.1) is 18.2 Å². The summed E-state index contributed by atoms with van der Waals surface area (Å²) in [5, 5.41) is 12.7. The largest absolute Gasteiger partial charge is 0.508 e. The number of imidazole rings is 1. The lowest BCUT2D eigenvalue weighted by molar-refractivity contribution is -0.121. The monoisotopic (exact) mass is 368 g/mol. The molecule has 1 aliphatic heterocycles. The fourth-order valence-corrected chi connectivity index (χ4v) is 3.71. The zero-order chi connectivity index (χ0) is 19.0. The quantitative estimate of drug-likeness (QED) is 0.864. The van der Waals surface area contributed by atoms with E-state index in [4.69, 9.17) is 0 Å². The molecule has 2 aromatic rings. The van der Waals surface area contributed by atoms with E-state index in [2.05, 4.69) is 10.3 Å². The van der Waals surface area contributed by atoms with E-state index in [0.29, 0.717) is 24.7 Å². The lowest BCUT2D eigenvalue weighted by atomic mass is 9.93. The Morgan fingerprint density at radius 2 is 2.11 bits per heavy atom. The highest BCUT2D eigenvalue weighted by Crippen LogP contribution is 2.27. The molecule has 0 saturated heterocycles. The Labute approximate surface area is 158 Å². The van der Waals surface area contributed by atoms with Crippen molar-refractivity contribution in [2.45, 2.75) is 51.2 Å². The second-order valence-corrected chi connectivity index (χ2v) is 7.38. The molecule has 1 atom stereocenters. The molecule has 1 saturated carbocycles. The molecule has 2 aliphatic rings. The van der Waals surface area contributed by atoms with Crippen LogP contribution in [0.2, 0.25) is 0 Å². The van der Waals surface area contributed by atoms with Gasteiger partial charge in [0.15, 0.2) is 0 Å². The van der Waals surface area contributed by atoms with Crippen LogP contribution in [0.25, 0.3) is 0 Å². The van der Waals surface area contributed by atoms with Crippen molar-refractivity contribution in [2.24, 2.45) is 0 Å². The number of nitrogens with one attached hydrogen (secondary N) is 1. The minimum absolute atomic E-state index is 0.00972. The highest BCUT2D eigenvalue weighted by molar-refractivity contribution is 5.94. The third-order valence-corrected chi connectivity index (χ3v) is 5.45. The van der Waals surface area contributed by atoms with E-state index in [0.717, 1.165) is 24.4 Å². The van der Waals surface area contributed by atoms with Crippen LogP contribution >= 0.6 is 0 Å². The molecule has 7 heteroatoms. The van der Waals surface area contributed by atoms with E-state index in [1.54, 1.807) is 23.1 Å². The summed E-state index contributed by atoms with van der Waals surface area (Å²) in [7, 11) is 0. The molecule has 2 heterocycles. The third kappa shape index (κ3) is 3.54.